The van der Waals surface area contributed by atoms with Crippen LogP contribution in [0.25, 0.3) is 0 Å². The number of carbonyl (C=O) groups is 1. The van der Waals surface area contributed by atoms with Crippen molar-refractivity contribution in [2.24, 2.45) is 5.73 Å². The number of aliphatic carboxylic acids is 1. The van der Waals surface area contributed by atoms with Crippen molar-refractivity contribution in [1.29, 1.82) is 0 Å². The van der Waals surface area contributed by atoms with Crippen LogP contribution in [-0.4, -0.2) is 21.6 Å². The monoisotopic (exact) mass is 194 g/mol. The molecule has 0 radical (unpaired) electrons. The molecule has 1 atom stereocenters. The molecule has 1 heterocycles. The predicted octanol–water partition coefficient (Wildman–Crippen LogP) is 0.735. The number of nitrogens with zero attached hydrogens (tertiary/aromatic N) is 1. The van der Waals surface area contributed by atoms with Gasteiger partial charge in [0.1, 0.15) is 5.54 Å². The van der Waals surface area contributed by atoms with Crippen LogP contribution < -0.4 is 5.73 Å². The first kappa shape index (κ1) is 10.7. The second-order valence-electron chi connectivity index (χ2n) is 3.73. The van der Waals surface area contributed by atoms with Crippen LogP contribution in [0.5, 0.6) is 0 Å². The Bertz CT molecular complexity index is 330. The molecule has 76 valence electrons. The van der Waals surface area contributed by atoms with Gasteiger partial charge in [0.05, 0.1) is 0 Å². The molecule has 1 aromatic rings. The van der Waals surface area contributed by atoms with Gasteiger partial charge >= 0.3 is 5.97 Å². The lowest BCUT2D eigenvalue weighted by Gasteiger charge is -2.18. The second-order valence-corrected chi connectivity index (χ2v) is 3.73. The highest BCUT2D eigenvalue weighted by Crippen LogP contribution is 2.09. The van der Waals surface area contributed by atoms with Gasteiger partial charge in [0, 0.05) is 18.3 Å². The van der Waals surface area contributed by atoms with Gasteiger partial charge < -0.3 is 10.8 Å². The highest BCUT2D eigenvalue weighted by atomic mass is 16.4. The molecule has 1 unspecified atom stereocenters. The normalized spacial score (nSPS) is 14.8. The summed E-state index contributed by atoms with van der Waals surface area (Å²) in [6.45, 7) is 3.41. The third kappa shape index (κ3) is 2.53. The van der Waals surface area contributed by atoms with E-state index in [0.717, 1.165) is 5.56 Å². The zero-order valence-electron chi connectivity index (χ0n) is 8.32. The molecule has 4 heteroatoms. The van der Waals surface area contributed by atoms with E-state index in [1.807, 2.05) is 13.0 Å². The molecular formula is C10H14N2O2. The summed E-state index contributed by atoms with van der Waals surface area (Å²) in [5, 5.41) is 8.80. The van der Waals surface area contributed by atoms with E-state index >= 15 is 0 Å². The number of rotatable bonds is 3. The summed E-state index contributed by atoms with van der Waals surface area (Å²) >= 11 is 0. The SMILES string of the molecule is Cc1ccc(CC(C)(N)C(=O)O)nc1. The first-order valence-corrected chi connectivity index (χ1v) is 4.35. The van der Waals surface area contributed by atoms with Gasteiger partial charge in [-0.2, -0.15) is 0 Å². The molecular weight excluding hydrogens is 180 g/mol. The number of nitrogens with two attached hydrogens (primary N) is 1. The minimum Gasteiger partial charge on any atom is -0.480 e. The molecule has 3 N–H and O–H groups in total. The van der Waals surface area contributed by atoms with Crippen LogP contribution in [0.2, 0.25) is 0 Å². The lowest BCUT2D eigenvalue weighted by atomic mass is 9.97. The zero-order valence-corrected chi connectivity index (χ0v) is 8.32. The third-order valence-corrected chi connectivity index (χ3v) is 2.01. The van der Waals surface area contributed by atoms with Gasteiger partial charge in [-0.25, -0.2) is 0 Å². The number of aryl methyl sites for hydroxylation is 1. The summed E-state index contributed by atoms with van der Waals surface area (Å²) in [5.41, 5.74) is 6.08. The summed E-state index contributed by atoms with van der Waals surface area (Å²) < 4.78 is 0. The maximum atomic E-state index is 10.7. The van der Waals surface area contributed by atoms with Crippen LogP contribution in [-0.2, 0) is 11.2 Å². The lowest BCUT2D eigenvalue weighted by molar-refractivity contribution is -0.142. The van der Waals surface area contributed by atoms with E-state index in [1.165, 1.54) is 6.92 Å². The van der Waals surface area contributed by atoms with E-state index < -0.39 is 11.5 Å². The molecule has 0 spiro atoms. The van der Waals surface area contributed by atoms with Gasteiger partial charge in [0.25, 0.3) is 0 Å². The van der Waals surface area contributed by atoms with Crippen LogP contribution in [0.15, 0.2) is 18.3 Å². The summed E-state index contributed by atoms with van der Waals surface area (Å²) in [5.74, 6) is -1.01. The van der Waals surface area contributed by atoms with Gasteiger partial charge in [-0.15, -0.1) is 0 Å². The molecule has 0 aliphatic rings. The van der Waals surface area contributed by atoms with Gasteiger partial charge in [-0.3, -0.25) is 9.78 Å². The molecule has 0 fully saturated rings. The first-order valence-electron chi connectivity index (χ1n) is 4.35. The lowest BCUT2D eigenvalue weighted by Crippen LogP contribution is -2.47. The average Bonchev–Trinajstić information content (AvgIpc) is 2.08. The summed E-state index contributed by atoms with van der Waals surface area (Å²) in [4.78, 5) is 14.8. The number of hydrogen-bond acceptors (Lipinski definition) is 3. The van der Waals surface area contributed by atoms with Crippen molar-refractivity contribution in [2.75, 3.05) is 0 Å². The Hall–Kier alpha value is -1.42. The molecule has 0 aliphatic carbocycles. The maximum Gasteiger partial charge on any atom is 0.323 e. The number of carboxylic acid groups (broad SMARTS) is 1. The van der Waals surface area contributed by atoms with E-state index in [9.17, 15) is 4.79 Å². The zero-order chi connectivity index (χ0) is 10.8. The van der Waals surface area contributed by atoms with Gasteiger partial charge in [0.15, 0.2) is 0 Å². The molecule has 1 rings (SSSR count). The smallest absolute Gasteiger partial charge is 0.323 e. The van der Waals surface area contributed by atoms with Gasteiger partial charge in [0.2, 0.25) is 0 Å². The van der Waals surface area contributed by atoms with Crippen molar-refractivity contribution < 1.29 is 9.90 Å². The number of carboxylic acids is 1. The minimum absolute atomic E-state index is 0.239. The van der Waals surface area contributed by atoms with Crippen LogP contribution in [0, 0.1) is 6.92 Å². The molecule has 0 aromatic carbocycles. The summed E-state index contributed by atoms with van der Waals surface area (Å²) in [7, 11) is 0. The minimum atomic E-state index is -1.25. The molecule has 14 heavy (non-hydrogen) atoms. The Labute approximate surface area is 82.8 Å². The van der Waals surface area contributed by atoms with E-state index in [4.69, 9.17) is 10.8 Å². The highest BCUT2D eigenvalue weighted by molar-refractivity contribution is 5.78. The fraction of sp³-hybridized carbons (Fsp3) is 0.400. The van der Waals surface area contributed by atoms with Gasteiger partial charge in [-0.05, 0) is 25.5 Å². The number of aromatic nitrogens is 1. The Morgan fingerprint density at radius 2 is 2.29 bits per heavy atom. The Kier molecular flexibility index (Phi) is 2.86. The number of hydrogen-bond donors (Lipinski definition) is 2. The average molecular weight is 194 g/mol. The van der Waals surface area contributed by atoms with Crippen molar-refractivity contribution in [3.05, 3.63) is 29.6 Å². The fourth-order valence-corrected chi connectivity index (χ4v) is 1.05. The molecule has 1 aromatic heterocycles. The van der Waals surface area contributed by atoms with E-state index in [-0.39, 0.29) is 6.42 Å². The standard InChI is InChI=1S/C10H14N2O2/c1-7-3-4-8(12-6-7)5-10(2,11)9(13)14/h3-4,6H,5,11H2,1-2H3,(H,13,14). The van der Waals surface area contributed by atoms with Crippen LogP contribution in [0.3, 0.4) is 0 Å². The largest absolute Gasteiger partial charge is 0.480 e. The third-order valence-electron chi connectivity index (χ3n) is 2.01. The second kappa shape index (κ2) is 3.75. The molecule has 0 aliphatic heterocycles. The Morgan fingerprint density at radius 3 is 2.71 bits per heavy atom. The van der Waals surface area contributed by atoms with Crippen LogP contribution in [0.1, 0.15) is 18.2 Å². The fourth-order valence-electron chi connectivity index (χ4n) is 1.05. The topological polar surface area (TPSA) is 76.2 Å². The van der Waals surface area contributed by atoms with E-state index in [1.54, 1.807) is 12.3 Å². The van der Waals surface area contributed by atoms with Crippen molar-refractivity contribution in [1.82, 2.24) is 4.98 Å². The van der Waals surface area contributed by atoms with Crippen molar-refractivity contribution in [3.8, 4) is 0 Å². The molecule has 4 nitrogen and oxygen atoms in total. The highest BCUT2D eigenvalue weighted by Gasteiger charge is 2.28. The van der Waals surface area contributed by atoms with Crippen molar-refractivity contribution in [3.63, 3.8) is 0 Å². The van der Waals surface area contributed by atoms with Crippen molar-refractivity contribution >= 4 is 5.97 Å². The predicted molar refractivity (Wildman–Crippen MR) is 52.9 cm³/mol. The van der Waals surface area contributed by atoms with Crippen LogP contribution >= 0.6 is 0 Å². The van der Waals surface area contributed by atoms with Gasteiger partial charge in [-0.1, -0.05) is 6.07 Å². The van der Waals surface area contributed by atoms with Crippen molar-refractivity contribution in [2.45, 2.75) is 25.8 Å². The Morgan fingerprint density at radius 1 is 1.64 bits per heavy atom. The van der Waals surface area contributed by atoms with E-state index in [0.29, 0.717) is 5.69 Å². The quantitative estimate of drug-likeness (QED) is 0.743. The molecule has 0 saturated heterocycles. The van der Waals surface area contributed by atoms with Crippen LogP contribution in [0.4, 0.5) is 0 Å². The maximum absolute atomic E-state index is 10.7. The summed E-state index contributed by atoms with van der Waals surface area (Å²) in [6.07, 6.45) is 1.94. The molecule has 0 saturated carbocycles. The summed E-state index contributed by atoms with van der Waals surface area (Å²) in [6, 6.07) is 3.68. The molecule has 0 amide bonds. The first-order chi connectivity index (χ1) is 6.42. The van der Waals surface area contributed by atoms with E-state index in [2.05, 4.69) is 4.98 Å². The molecule has 0 bridgehead atoms. The number of pyridine rings is 1. The Balaban J connectivity index is 2.79.